The summed E-state index contributed by atoms with van der Waals surface area (Å²) in [5, 5.41) is 15.9. The first-order chi connectivity index (χ1) is 10.5. The first-order valence-corrected chi connectivity index (χ1v) is 8.07. The molecule has 0 bridgehead atoms. The van der Waals surface area contributed by atoms with Gasteiger partial charge in [0.15, 0.2) is 0 Å². The fraction of sp³-hybridized carbons (Fsp3) is 0.412. The molecule has 1 heterocycles. The molecule has 5 heteroatoms. The van der Waals surface area contributed by atoms with E-state index < -0.39 is 5.60 Å². The van der Waals surface area contributed by atoms with Gasteiger partial charge in [-0.15, -0.1) is 11.3 Å². The van der Waals surface area contributed by atoms with E-state index >= 15 is 0 Å². The largest absolute Gasteiger partial charge is 0.497 e. The number of aliphatic hydroxyl groups is 1. The SMILES string of the molecule is COc1ccc([C@H](C)NC[C@@](C)(O)c2cccs2)c(OC)c1. The average molecular weight is 321 g/mol. The third kappa shape index (κ3) is 3.80. The molecule has 0 aliphatic carbocycles. The van der Waals surface area contributed by atoms with Crippen molar-refractivity contribution in [3.63, 3.8) is 0 Å². The van der Waals surface area contributed by atoms with Crippen molar-refractivity contribution in [2.24, 2.45) is 0 Å². The van der Waals surface area contributed by atoms with Crippen molar-refractivity contribution in [3.05, 3.63) is 46.2 Å². The van der Waals surface area contributed by atoms with E-state index in [9.17, 15) is 5.11 Å². The molecule has 2 rings (SSSR count). The summed E-state index contributed by atoms with van der Waals surface area (Å²) in [5.41, 5.74) is 0.146. The Balaban J connectivity index is 2.08. The topological polar surface area (TPSA) is 50.7 Å². The lowest BCUT2D eigenvalue weighted by Gasteiger charge is -2.26. The van der Waals surface area contributed by atoms with E-state index in [1.807, 2.05) is 42.6 Å². The lowest BCUT2D eigenvalue weighted by Crippen LogP contribution is -2.36. The van der Waals surface area contributed by atoms with Gasteiger partial charge in [0, 0.05) is 29.1 Å². The maximum atomic E-state index is 10.6. The summed E-state index contributed by atoms with van der Waals surface area (Å²) >= 11 is 1.56. The molecule has 0 spiro atoms. The molecule has 22 heavy (non-hydrogen) atoms. The molecule has 0 fully saturated rings. The number of benzene rings is 1. The molecule has 0 amide bonds. The molecule has 120 valence electrons. The minimum absolute atomic E-state index is 0.0484. The fourth-order valence-corrected chi connectivity index (χ4v) is 3.10. The minimum Gasteiger partial charge on any atom is -0.497 e. The summed E-state index contributed by atoms with van der Waals surface area (Å²) in [7, 11) is 3.28. The third-order valence-corrected chi connectivity index (χ3v) is 4.83. The van der Waals surface area contributed by atoms with Crippen LogP contribution in [0.3, 0.4) is 0 Å². The van der Waals surface area contributed by atoms with Gasteiger partial charge >= 0.3 is 0 Å². The van der Waals surface area contributed by atoms with Gasteiger partial charge in [0.25, 0.3) is 0 Å². The Morgan fingerprint density at radius 2 is 2.05 bits per heavy atom. The van der Waals surface area contributed by atoms with Crippen LogP contribution in [-0.4, -0.2) is 25.9 Å². The third-order valence-electron chi connectivity index (χ3n) is 3.71. The van der Waals surface area contributed by atoms with E-state index in [1.54, 1.807) is 25.6 Å². The Kier molecular flexibility index (Phi) is 5.45. The smallest absolute Gasteiger partial charge is 0.127 e. The van der Waals surface area contributed by atoms with Gasteiger partial charge in [0.05, 0.1) is 14.2 Å². The second kappa shape index (κ2) is 7.13. The van der Waals surface area contributed by atoms with Crippen molar-refractivity contribution in [3.8, 4) is 11.5 Å². The summed E-state index contributed by atoms with van der Waals surface area (Å²) < 4.78 is 10.6. The van der Waals surface area contributed by atoms with Crippen LogP contribution in [0.1, 0.15) is 30.3 Å². The van der Waals surface area contributed by atoms with Crippen molar-refractivity contribution < 1.29 is 14.6 Å². The minimum atomic E-state index is -0.887. The summed E-state index contributed by atoms with van der Waals surface area (Å²) in [6.07, 6.45) is 0. The zero-order chi connectivity index (χ0) is 16.2. The Bertz CT molecular complexity index is 596. The molecule has 4 nitrogen and oxygen atoms in total. The first kappa shape index (κ1) is 16.8. The molecule has 2 atom stereocenters. The van der Waals surface area contributed by atoms with Gasteiger partial charge in [-0.25, -0.2) is 0 Å². The highest BCUT2D eigenvalue weighted by Gasteiger charge is 2.25. The summed E-state index contributed by atoms with van der Waals surface area (Å²) in [4.78, 5) is 0.953. The van der Waals surface area contributed by atoms with Crippen LogP contribution in [0.25, 0.3) is 0 Å². The van der Waals surface area contributed by atoms with E-state index in [1.165, 1.54) is 0 Å². The monoisotopic (exact) mass is 321 g/mol. The van der Waals surface area contributed by atoms with Crippen LogP contribution < -0.4 is 14.8 Å². The molecule has 0 saturated heterocycles. The zero-order valence-electron chi connectivity index (χ0n) is 13.4. The molecule has 2 aromatic rings. The summed E-state index contributed by atoms with van der Waals surface area (Å²) in [6.45, 7) is 4.34. The molecule has 1 aromatic heterocycles. The quantitative estimate of drug-likeness (QED) is 0.821. The Labute approximate surface area is 135 Å². The van der Waals surface area contributed by atoms with Gasteiger partial charge in [-0.05, 0) is 31.4 Å². The van der Waals surface area contributed by atoms with Crippen LogP contribution in [-0.2, 0) is 5.60 Å². The Hall–Kier alpha value is -1.56. The number of hydrogen-bond acceptors (Lipinski definition) is 5. The predicted octanol–water partition coefficient (Wildman–Crippen LogP) is 3.32. The number of hydrogen-bond donors (Lipinski definition) is 2. The average Bonchev–Trinajstić information content (AvgIpc) is 3.07. The van der Waals surface area contributed by atoms with Gasteiger partial charge < -0.3 is 19.9 Å². The van der Waals surface area contributed by atoms with Gasteiger partial charge in [0.1, 0.15) is 17.1 Å². The van der Waals surface area contributed by atoms with Crippen molar-refractivity contribution in [2.45, 2.75) is 25.5 Å². The van der Waals surface area contributed by atoms with E-state index in [-0.39, 0.29) is 6.04 Å². The van der Waals surface area contributed by atoms with Gasteiger partial charge in [-0.1, -0.05) is 12.1 Å². The van der Waals surface area contributed by atoms with E-state index in [4.69, 9.17) is 9.47 Å². The molecular weight excluding hydrogens is 298 g/mol. The summed E-state index contributed by atoms with van der Waals surface area (Å²) in [5.74, 6) is 1.54. The fourth-order valence-electron chi connectivity index (χ4n) is 2.31. The van der Waals surface area contributed by atoms with E-state index in [0.29, 0.717) is 6.54 Å². The lowest BCUT2D eigenvalue weighted by atomic mass is 10.0. The normalized spacial score (nSPS) is 15.1. The maximum Gasteiger partial charge on any atom is 0.127 e. The number of rotatable bonds is 7. The number of methoxy groups -OCH3 is 2. The molecule has 0 radical (unpaired) electrons. The van der Waals surface area contributed by atoms with Crippen LogP contribution in [0, 0.1) is 0 Å². The van der Waals surface area contributed by atoms with Gasteiger partial charge in [-0.3, -0.25) is 0 Å². The summed E-state index contributed by atoms with van der Waals surface area (Å²) in [6, 6.07) is 9.70. The molecule has 0 aliphatic rings. The van der Waals surface area contributed by atoms with E-state index in [2.05, 4.69) is 12.2 Å². The zero-order valence-corrected chi connectivity index (χ0v) is 14.2. The van der Waals surface area contributed by atoms with Crippen LogP contribution >= 0.6 is 11.3 Å². The number of ether oxygens (including phenoxy) is 2. The second-order valence-corrected chi connectivity index (χ2v) is 6.41. The van der Waals surface area contributed by atoms with Crippen molar-refractivity contribution >= 4 is 11.3 Å². The number of thiophene rings is 1. The highest BCUT2D eigenvalue weighted by atomic mass is 32.1. The van der Waals surface area contributed by atoms with E-state index in [0.717, 1.165) is 21.9 Å². The highest BCUT2D eigenvalue weighted by Crippen LogP contribution is 2.30. The lowest BCUT2D eigenvalue weighted by molar-refractivity contribution is 0.0580. The van der Waals surface area contributed by atoms with Crippen LogP contribution in [0.15, 0.2) is 35.7 Å². The van der Waals surface area contributed by atoms with Crippen LogP contribution in [0.2, 0.25) is 0 Å². The number of nitrogens with one attached hydrogen (secondary N) is 1. The van der Waals surface area contributed by atoms with Gasteiger partial charge in [0.2, 0.25) is 0 Å². The maximum absolute atomic E-state index is 10.6. The van der Waals surface area contributed by atoms with Crippen LogP contribution in [0.4, 0.5) is 0 Å². The molecule has 2 N–H and O–H groups in total. The second-order valence-electron chi connectivity index (χ2n) is 5.46. The first-order valence-electron chi connectivity index (χ1n) is 7.19. The van der Waals surface area contributed by atoms with Crippen molar-refractivity contribution in [2.75, 3.05) is 20.8 Å². The molecule has 0 aliphatic heterocycles. The highest BCUT2D eigenvalue weighted by molar-refractivity contribution is 7.10. The molecule has 1 aromatic carbocycles. The van der Waals surface area contributed by atoms with Crippen molar-refractivity contribution in [1.29, 1.82) is 0 Å². The predicted molar refractivity (Wildman–Crippen MR) is 89.9 cm³/mol. The van der Waals surface area contributed by atoms with Crippen LogP contribution in [0.5, 0.6) is 11.5 Å². The Morgan fingerprint density at radius 3 is 2.64 bits per heavy atom. The molecule has 0 saturated carbocycles. The molecular formula is C17H23NO3S. The molecule has 0 unspecified atom stereocenters. The standard InChI is InChI=1S/C17H23NO3S/c1-12(14-8-7-13(20-3)10-15(14)21-4)18-11-17(2,19)16-6-5-9-22-16/h5-10,12,18-19H,11H2,1-4H3/t12-,17+/m0/s1. The van der Waals surface area contributed by atoms with Crippen molar-refractivity contribution in [1.82, 2.24) is 5.32 Å². The van der Waals surface area contributed by atoms with Gasteiger partial charge in [-0.2, -0.15) is 0 Å². The Morgan fingerprint density at radius 1 is 1.27 bits per heavy atom.